The summed E-state index contributed by atoms with van der Waals surface area (Å²) in [5, 5.41) is 14.5. The average Bonchev–Trinajstić information content (AvgIpc) is 2.77. The lowest BCUT2D eigenvalue weighted by Crippen LogP contribution is -2.41. The number of ether oxygens (including phenoxy) is 1. The fourth-order valence-corrected chi connectivity index (χ4v) is 2.39. The summed E-state index contributed by atoms with van der Waals surface area (Å²) in [4.78, 5) is 11.9. The molecule has 0 radical (unpaired) electrons. The molecule has 0 aliphatic carbocycles. The van der Waals surface area contributed by atoms with Gasteiger partial charge < -0.3 is 15.4 Å². The van der Waals surface area contributed by atoms with Crippen LogP contribution in [0.2, 0.25) is 0 Å². The quantitative estimate of drug-likeness (QED) is 0.839. The van der Waals surface area contributed by atoms with Gasteiger partial charge in [0.15, 0.2) is 0 Å². The van der Waals surface area contributed by atoms with Gasteiger partial charge in [-0.25, -0.2) is 0 Å². The zero-order valence-electron chi connectivity index (χ0n) is 9.90. The Balaban J connectivity index is 1.92. The van der Waals surface area contributed by atoms with Crippen LogP contribution in [0, 0.1) is 0 Å². The number of aromatic nitrogens is 2. The van der Waals surface area contributed by atoms with Gasteiger partial charge >= 0.3 is 0 Å². The first-order valence-corrected chi connectivity index (χ1v) is 6.44. The van der Waals surface area contributed by atoms with E-state index in [9.17, 15) is 4.79 Å². The number of nitrogens with one attached hydrogen (secondary N) is 2. The molecular formula is C10H16N4O2S. The van der Waals surface area contributed by atoms with Gasteiger partial charge in [-0.2, -0.15) is 0 Å². The van der Waals surface area contributed by atoms with Crippen LogP contribution in [-0.2, 0) is 4.74 Å². The molecule has 1 aliphatic heterocycles. The first-order chi connectivity index (χ1) is 8.19. The van der Waals surface area contributed by atoms with Gasteiger partial charge in [0.25, 0.3) is 5.91 Å². The highest BCUT2D eigenvalue weighted by atomic mass is 32.1. The second-order valence-electron chi connectivity index (χ2n) is 4.04. The van der Waals surface area contributed by atoms with Crippen LogP contribution in [0.15, 0.2) is 0 Å². The van der Waals surface area contributed by atoms with Gasteiger partial charge in [-0.05, 0) is 19.8 Å². The first kappa shape index (κ1) is 12.3. The molecule has 0 saturated carbocycles. The molecule has 0 aromatic carbocycles. The number of carbonyl (C=O) groups excluding carboxylic acids is 1. The monoisotopic (exact) mass is 256 g/mol. The van der Waals surface area contributed by atoms with Crippen LogP contribution in [0.5, 0.6) is 0 Å². The Bertz CT molecular complexity index is 395. The maximum atomic E-state index is 11.9. The summed E-state index contributed by atoms with van der Waals surface area (Å²) >= 11 is 1.25. The molecule has 2 heterocycles. The van der Waals surface area contributed by atoms with Crippen molar-refractivity contribution in [2.75, 3.05) is 19.0 Å². The van der Waals surface area contributed by atoms with Crippen molar-refractivity contribution in [2.45, 2.75) is 31.9 Å². The molecule has 2 unspecified atom stereocenters. The van der Waals surface area contributed by atoms with Gasteiger partial charge in [-0.1, -0.05) is 11.3 Å². The highest BCUT2D eigenvalue weighted by Crippen LogP contribution is 2.16. The molecule has 1 saturated heterocycles. The number of hydrogen-bond acceptors (Lipinski definition) is 6. The van der Waals surface area contributed by atoms with E-state index in [0.29, 0.717) is 16.7 Å². The van der Waals surface area contributed by atoms with Crippen LogP contribution in [0.3, 0.4) is 0 Å². The van der Waals surface area contributed by atoms with E-state index in [1.165, 1.54) is 11.3 Å². The standard InChI is InChI=1S/C10H16N4O2S/c1-6-5-7(3-4-16-6)12-8(15)9-13-14-10(11-2)17-9/h6-7H,3-5H2,1-2H3,(H,11,14)(H,12,15). The minimum Gasteiger partial charge on any atom is -0.378 e. The molecule has 7 heteroatoms. The van der Waals surface area contributed by atoms with E-state index < -0.39 is 0 Å². The number of hydrogen-bond donors (Lipinski definition) is 2. The SMILES string of the molecule is CNc1nnc(C(=O)NC2CCOC(C)C2)s1. The molecule has 0 spiro atoms. The lowest BCUT2D eigenvalue weighted by atomic mass is 10.0. The van der Waals surface area contributed by atoms with Gasteiger partial charge in [-0.3, -0.25) is 4.79 Å². The van der Waals surface area contributed by atoms with Crippen LogP contribution >= 0.6 is 11.3 Å². The zero-order chi connectivity index (χ0) is 12.3. The summed E-state index contributed by atoms with van der Waals surface area (Å²) in [7, 11) is 1.75. The zero-order valence-corrected chi connectivity index (χ0v) is 10.7. The topological polar surface area (TPSA) is 76.1 Å². The average molecular weight is 256 g/mol. The largest absolute Gasteiger partial charge is 0.378 e. The Morgan fingerprint density at radius 1 is 1.53 bits per heavy atom. The Hall–Kier alpha value is -1.21. The number of carbonyl (C=O) groups is 1. The predicted octanol–water partition coefficient (Wildman–Crippen LogP) is 0.877. The van der Waals surface area contributed by atoms with Crippen molar-refractivity contribution in [3.63, 3.8) is 0 Å². The van der Waals surface area contributed by atoms with Crippen molar-refractivity contribution in [1.82, 2.24) is 15.5 Å². The van der Waals surface area contributed by atoms with Crippen molar-refractivity contribution in [3.8, 4) is 0 Å². The maximum absolute atomic E-state index is 11.9. The molecular weight excluding hydrogens is 240 g/mol. The molecule has 1 aromatic rings. The molecule has 6 nitrogen and oxygen atoms in total. The number of nitrogens with zero attached hydrogens (tertiary/aromatic N) is 2. The molecule has 1 aliphatic rings. The molecule has 17 heavy (non-hydrogen) atoms. The summed E-state index contributed by atoms with van der Waals surface area (Å²) < 4.78 is 5.43. The number of rotatable bonds is 3. The molecule has 0 bridgehead atoms. The Morgan fingerprint density at radius 3 is 3.00 bits per heavy atom. The van der Waals surface area contributed by atoms with E-state index in [1.54, 1.807) is 7.05 Å². The van der Waals surface area contributed by atoms with Crippen LogP contribution < -0.4 is 10.6 Å². The Labute approximate surface area is 104 Å². The fraction of sp³-hybridized carbons (Fsp3) is 0.700. The van der Waals surface area contributed by atoms with Gasteiger partial charge in [0, 0.05) is 19.7 Å². The summed E-state index contributed by atoms with van der Waals surface area (Å²) in [6.45, 7) is 2.71. The molecule has 94 valence electrons. The molecule has 2 rings (SSSR count). The summed E-state index contributed by atoms with van der Waals surface area (Å²) in [5.74, 6) is -0.150. The first-order valence-electron chi connectivity index (χ1n) is 5.62. The van der Waals surface area contributed by atoms with Crippen molar-refractivity contribution in [3.05, 3.63) is 5.01 Å². The molecule has 2 N–H and O–H groups in total. The smallest absolute Gasteiger partial charge is 0.282 e. The van der Waals surface area contributed by atoms with E-state index >= 15 is 0 Å². The predicted molar refractivity (Wildman–Crippen MR) is 65.4 cm³/mol. The normalized spacial score (nSPS) is 24.4. The third kappa shape index (κ3) is 3.13. The third-order valence-electron chi connectivity index (χ3n) is 2.65. The molecule has 1 amide bonds. The molecule has 1 aromatic heterocycles. The van der Waals surface area contributed by atoms with Gasteiger partial charge in [0.05, 0.1) is 6.10 Å². The Morgan fingerprint density at radius 2 is 2.35 bits per heavy atom. The summed E-state index contributed by atoms with van der Waals surface area (Å²) in [5.41, 5.74) is 0. The van der Waals surface area contributed by atoms with E-state index in [2.05, 4.69) is 20.8 Å². The van der Waals surface area contributed by atoms with Crippen LogP contribution in [0.4, 0.5) is 5.13 Å². The van der Waals surface area contributed by atoms with Gasteiger partial charge in [0.2, 0.25) is 10.1 Å². The highest BCUT2D eigenvalue weighted by Gasteiger charge is 2.22. The highest BCUT2D eigenvalue weighted by molar-refractivity contribution is 7.17. The molecule has 2 atom stereocenters. The maximum Gasteiger partial charge on any atom is 0.282 e. The van der Waals surface area contributed by atoms with Gasteiger partial charge in [-0.15, -0.1) is 10.2 Å². The van der Waals surface area contributed by atoms with E-state index in [0.717, 1.165) is 12.8 Å². The lowest BCUT2D eigenvalue weighted by Gasteiger charge is -2.27. The van der Waals surface area contributed by atoms with Crippen molar-refractivity contribution >= 4 is 22.4 Å². The van der Waals surface area contributed by atoms with E-state index in [1.807, 2.05) is 6.92 Å². The second-order valence-corrected chi connectivity index (χ2v) is 5.02. The minimum absolute atomic E-state index is 0.150. The molecule has 1 fully saturated rings. The van der Waals surface area contributed by atoms with Crippen LogP contribution in [0.25, 0.3) is 0 Å². The second kappa shape index (κ2) is 5.42. The minimum atomic E-state index is -0.150. The van der Waals surface area contributed by atoms with Crippen LogP contribution in [-0.4, -0.2) is 41.9 Å². The van der Waals surface area contributed by atoms with E-state index in [-0.39, 0.29) is 18.1 Å². The fourth-order valence-electron chi connectivity index (χ4n) is 1.79. The van der Waals surface area contributed by atoms with Crippen molar-refractivity contribution in [1.29, 1.82) is 0 Å². The Kier molecular flexibility index (Phi) is 3.90. The summed E-state index contributed by atoms with van der Waals surface area (Å²) in [6.07, 6.45) is 1.91. The lowest BCUT2D eigenvalue weighted by molar-refractivity contribution is 0.0136. The number of anilines is 1. The van der Waals surface area contributed by atoms with Crippen LogP contribution in [0.1, 0.15) is 29.6 Å². The number of amides is 1. The summed E-state index contributed by atoms with van der Waals surface area (Å²) in [6, 6.07) is 0.174. The van der Waals surface area contributed by atoms with Gasteiger partial charge in [0.1, 0.15) is 0 Å². The third-order valence-corrected chi connectivity index (χ3v) is 3.59. The van der Waals surface area contributed by atoms with Crippen molar-refractivity contribution < 1.29 is 9.53 Å². The van der Waals surface area contributed by atoms with Crippen molar-refractivity contribution in [2.24, 2.45) is 0 Å². The van der Waals surface area contributed by atoms with E-state index in [4.69, 9.17) is 4.74 Å².